The van der Waals surface area contributed by atoms with Crippen molar-refractivity contribution in [2.75, 3.05) is 40.0 Å². The van der Waals surface area contributed by atoms with E-state index in [9.17, 15) is 0 Å². The fraction of sp³-hybridized carbons (Fsp3) is 0.833. The third-order valence-corrected chi connectivity index (χ3v) is 4.98. The molecule has 0 aromatic carbocycles. The van der Waals surface area contributed by atoms with Crippen molar-refractivity contribution < 1.29 is 9.47 Å². The van der Waals surface area contributed by atoms with Crippen LogP contribution in [0.4, 0.5) is 0 Å². The summed E-state index contributed by atoms with van der Waals surface area (Å²) in [6.07, 6.45) is 5.23. The first-order valence-corrected chi connectivity index (χ1v) is 9.77. The molecule has 0 aliphatic carbocycles. The van der Waals surface area contributed by atoms with Crippen LogP contribution in [0.5, 0.6) is 0 Å². The van der Waals surface area contributed by atoms with Crippen LogP contribution in [0.25, 0.3) is 0 Å². The number of aromatic nitrogens is 3. The van der Waals surface area contributed by atoms with Crippen LogP contribution in [0.1, 0.15) is 37.3 Å². The molecule has 0 amide bonds. The minimum Gasteiger partial charge on any atom is -0.381 e. The minimum atomic E-state index is 0.333. The maximum Gasteiger partial charge on any atom is 0.191 e. The van der Waals surface area contributed by atoms with Crippen molar-refractivity contribution in [2.24, 2.45) is 10.9 Å². The SMILES string of the molecule is CN=C(NCCCOCC1CCOCC1)NC1CCc2nc(C)nn2C1. The fourth-order valence-electron chi connectivity index (χ4n) is 3.48. The Morgan fingerprint density at radius 3 is 3.00 bits per heavy atom. The number of nitrogens with one attached hydrogen (secondary N) is 2. The van der Waals surface area contributed by atoms with Crippen LogP contribution < -0.4 is 10.6 Å². The van der Waals surface area contributed by atoms with E-state index in [0.29, 0.717) is 12.0 Å². The molecule has 26 heavy (non-hydrogen) atoms. The van der Waals surface area contributed by atoms with Gasteiger partial charge < -0.3 is 20.1 Å². The van der Waals surface area contributed by atoms with E-state index in [1.165, 1.54) is 0 Å². The van der Waals surface area contributed by atoms with Crippen molar-refractivity contribution in [3.8, 4) is 0 Å². The smallest absolute Gasteiger partial charge is 0.191 e. The molecule has 0 bridgehead atoms. The molecule has 8 nitrogen and oxygen atoms in total. The van der Waals surface area contributed by atoms with Gasteiger partial charge in [0, 0.05) is 52.5 Å². The number of ether oxygens (including phenoxy) is 2. The average Bonchev–Trinajstić information content (AvgIpc) is 3.03. The van der Waals surface area contributed by atoms with E-state index in [1.807, 2.05) is 18.7 Å². The summed E-state index contributed by atoms with van der Waals surface area (Å²) in [4.78, 5) is 8.78. The molecular formula is C18H32N6O2. The van der Waals surface area contributed by atoms with Crippen molar-refractivity contribution >= 4 is 5.96 Å². The maximum absolute atomic E-state index is 5.81. The lowest BCUT2D eigenvalue weighted by atomic mass is 10.0. The fourth-order valence-corrected chi connectivity index (χ4v) is 3.48. The number of hydrogen-bond donors (Lipinski definition) is 2. The highest BCUT2D eigenvalue weighted by Gasteiger charge is 2.21. The first kappa shape index (κ1) is 19.1. The average molecular weight is 364 g/mol. The molecule has 3 rings (SSSR count). The van der Waals surface area contributed by atoms with Gasteiger partial charge in [0.1, 0.15) is 11.6 Å². The minimum absolute atomic E-state index is 0.333. The van der Waals surface area contributed by atoms with Crippen LogP contribution in [-0.4, -0.2) is 66.8 Å². The van der Waals surface area contributed by atoms with Crippen LogP contribution in [0.2, 0.25) is 0 Å². The zero-order valence-electron chi connectivity index (χ0n) is 16.0. The zero-order valence-corrected chi connectivity index (χ0v) is 16.0. The number of hydrogen-bond acceptors (Lipinski definition) is 5. The van der Waals surface area contributed by atoms with E-state index in [2.05, 4.69) is 25.7 Å². The molecule has 0 radical (unpaired) electrons. The highest BCUT2D eigenvalue weighted by Crippen LogP contribution is 2.15. The topological polar surface area (TPSA) is 85.6 Å². The Morgan fingerprint density at radius 2 is 2.19 bits per heavy atom. The second kappa shape index (κ2) is 9.87. The summed E-state index contributed by atoms with van der Waals surface area (Å²) in [6.45, 7) is 7.05. The largest absolute Gasteiger partial charge is 0.381 e. The Hall–Kier alpha value is -1.67. The van der Waals surface area contributed by atoms with Gasteiger partial charge in [0.25, 0.3) is 0 Å². The van der Waals surface area contributed by atoms with Crippen molar-refractivity contribution in [1.82, 2.24) is 25.4 Å². The van der Waals surface area contributed by atoms with Gasteiger partial charge in [0.2, 0.25) is 0 Å². The van der Waals surface area contributed by atoms with Crippen molar-refractivity contribution in [3.63, 3.8) is 0 Å². The molecule has 1 aromatic rings. The monoisotopic (exact) mass is 364 g/mol. The summed E-state index contributed by atoms with van der Waals surface area (Å²) in [5.41, 5.74) is 0. The standard InChI is InChI=1S/C18H32N6O2/c1-14-21-17-5-4-16(12-24(17)23-14)22-18(19-2)20-8-3-9-26-13-15-6-10-25-11-7-15/h15-16H,3-13H2,1-2H3,(H2,19,20,22). The summed E-state index contributed by atoms with van der Waals surface area (Å²) in [5, 5.41) is 11.3. The van der Waals surface area contributed by atoms with Gasteiger partial charge in [-0.15, -0.1) is 0 Å². The third kappa shape index (κ3) is 5.67. The zero-order chi connectivity index (χ0) is 18.2. The van der Waals surface area contributed by atoms with Gasteiger partial charge in [0.05, 0.1) is 6.54 Å². The predicted molar refractivity (Wildman–Crippen MR) is 100 cm³/mol. The quantitative estimate of drug-likeness (QED) is 0.425. The van der Waals surface area contributed by atoms with Crippen molar-refractivity contribution in [3.05, 3.63) is 11.6 Å². The number of rotatable bonds is 7. The molecule has 1 atom stereocenters. The van der Waals surface area contributed by atoms with E-state index < -0.39 is 0 Å². The van der Waals surface area contributed by atoms with Crippen LogP contribution in [0, 0.1) is 12.8 Å². The highest BCUT2D eigenvalue weighted by atomic mass is 16.5. The third-order valence-electron chi connectivity index (χ3n) is 4.98. The Labute approximate surface area is 155 Å². The lowest BCUT2D eigenvalue weighted by molar-refractivity contribution is 0.0203. The number of nitrogens with zero attached hydrogens (tertiary/aromatic N) is 4. The van der Waals surface area contributed by atoms with Gasteiger partial charge >= 0.3 is 0 Å². The summed E-state index contributed by atoms with van der Waals surface area (Å²) in [5.74, 6) is 3.46. The van der Waals surface area contributed by atoms with Gasteiger partial charge in [-0.05, 0) is 38.5 Å². The second-order valence-corrected chi connectivity index (χ2v) is 7.12. The molecule has 8 heteroatoms. The molecule has 146 valence electrons. The van der Waals surface area contributed by atoms with Gasteiger partial charge in [0.15, 0.2) is 5.96 Å². The van der Waals surface area contributed by atoms with E-state index in [4.69, 9.17) is 9.47 Å². The Balaban J connectivity index is 1.29. The molecule has 0 spiro atoms. The van der Waals surface area contributed by atoms with Gasteiger partial charge in [-0.1, -0.05) is 0 Å². The number of aliphatic imine (C=N–C) groups is 1. The molecule has 0 saturated carbocycles. The Kier molecular flexibility index (Phi) is 7.25. The normalized spacial score (nSPS) is 21.5. The molecule has 1 fully saturated rings. The Morgan fingerprint density at radius 1 is 1.35 bits per heavy atom. The number of guanidine groups is 1. The molecule has 1 unspecified atom stereocenters. The van der Waals surface area contributed by atoms with Crippen molar-refractivity contribution in [1.29, 1.82) is 0 Å². The maximum atomic E-state index is 5.81. The van der Waals surface area contributed by atoms with Gasteiger partial charge in [-0.3, -0.25) is 4.99 Å². The number of aryl methyl sites for hydroxylation is 2. The molecule has 2 N–H and O–H groups in total. The predicted octanol–water partition coefficient (Wildman–Crippen LogP) is 0.900. The van der Waals surface area contributed by atoms with Gasteiger partial charge in [-0.25, -0.2) is 9.67 Å². The van der Waals surface area contributed by atoms with E-state index in [0.717, 1.165) is 89.2 Å². The van der Waals surface area contributed by atoms with Gasteiger partial charge in [-0.2, -0.15) is 5.10 Å². The lowest BCUT2D eigenvalue weighted by Crippen LogP contribution is -2.47. The van der Waals surface area contributed by atoms with E-state index >= 15 is 0 Å². The molecule has 3 heterocycles. The molecule has 1 saturated heterocycles. The lowest BCUT2D eigenvalue weighted by Gasteiger charge is -2.25. The first-order chi connectivity index (χ1) is 12.7. The van der Waals surface area contributed by atoms with Crippen LogP contribution in [-0.2, 0) is 22.4 Å². The molecular weight excluding hydrogens is 332 g/mol. The first-order valence-electron chi connectivity index (χ1n) is 9.77. The molecule has 2 aliphatic heterocycles. The summed E-state index contributed by atoms with van der Waals surface area (Å²) in [7, 11) is 1.81. The summed E-state index contributed by atoms with van der Waals surface area (Å²) < 4.78 is 13.2. The molecule has 2 aliphatic rings. The summed E-state index contributed by atoms with van der Waals surface area (Å²) in [6, 6.07) is 0.333. The van der Waals surface area contributed by atoms with Crippen LogP contribution in [0.3, 0.4) is 0 Å². The highest BCUT2D eigenvalue weighted by molar-refractivity contribution is 5.79. The molecule has 1 aromatic heterocycles. The van der Waals surface area contributed by atoms with Crippen molar-refractivity contribution in [2.45, 2.75) is 51.6 Å². The van der Waals surface area contributed by atoms with E-state index in [-0.39, 0.29) is 0 Å². The Bertz CT molecular complexity index is 582. The van der Waals surface area contributed by atoms with E-state index in [1.54, 1.807) is 0 Å². The second-order valence-electron chi connectivity index (χ2n) is 7.12. The summed E-state index contributed by atoms with van der Waals surface area (Å²) >= 11 is 0. The van der Waals surface area contributed by atoms with Crippen LogP contribution >= 0.6 is 0 Å². The van der Waals surface area contributed by atoms with Crippen LogP contribution in [0.15, 0.2) is 4.99 Å². The number of fused-ring (bicyclic) bond motifs is 1.